The first-order chi connectivity index (χ1) is 14.6. The molecule has 1 N–H and O–H groups in total. The van der Waals surface area contributed by atoms with Gasteiger partial charge in [-0.3, -0.25) is 9.78 Å². The number of hydrogen-bond donors (Lipinski definition) is 1. The number of hydrogen-bond acceptors (Lipinski definition) is 7. The summed E-state index contributed by atoms with van der Waals surface area (Å²) in [6.45, 7) is 0. The molecule has 0 radical (unpaired) electrons. The summed E-state index contributed by atoms with van der Waals surface area (Å²) in [5.74, 6) is 1.74. The highest BCUT2D eigenvalue weighted by atomic mass is 32.2. The molecule has 1 aliphatic carbocycles. The maximum atomic E-state index is 12.5. The largest absolute Gasteiger partial charge is 0.448 e. The third kappa shape index (κ3) is 3.60. The van der Waals surface area contributed by atoms with Gasteiger partial charge in [0.2, 0.25) is 5.91 Å². The molecule has 2 aromatic heterocycles. The number of nitrogens with one attached hydrogen (secondary N) is 1. The van der Waals surface area contributed by atoms with Gasteiger partial charge in [-0.15, -0.1) is 10.2 Å². The number of carbonyl (C=O) groups is 1. The van der Waals surface area contributed by atoms with E-state index in [1.807, 2.05) is 41.9 Å². The summed E-state index contributed by atoms with van der Waals surface area (Å²) in [5.41, 5.74) is 1.57. The summed E-state index contributed by atoms with van der Waals surface area (Å²) < 4.78 is 13.9. The summed E-state index contributed by atoms with van der Waals surface area (Å²) in [7, 11) is 1.87. The number of amides is 1. The third-order valence-electron chi connectivity index (χ3n) is 5.27. The highest BCUT2D eigenvalue weighted by molar-refractivity contribution is 7.99. The van der Waals surface area contributed by atoms with E-state index in [0.29, 0.717) is 22.4 Å². The Bertz CT molecular complexity index is 1080. The molecule has 1 fully saturated rings. The number of benzene rings is 1. The second kappa shape index (κ2) is 7.64. The van der Waals surface area contributed by atoms with Crippen LogP contribution in [0.25, 0.3) is 11.4 Å². The fourth-order valence-corrected chi connectivity index (χ4v) is 4.51. The van der Waals surface area contributed by atoms with Crippen LogP contribution in [0.4, 0.5) is 5.69 Å². The molecular weight excluding hydrogens is 402 g/mol. The number of ether oxygens (including phenoxy) is 2. The van der Waals surface area contributed by atoms with Crippen LogP contribution in [-0.4, -0.2) is 37.2 Å². The predicted molar refractivity (Wildman–Crippen MR) is 112 cm³/mol. The lowest BCUT2D eigenvalue weighted by atomic mass is 10.2. The van der Waals surface area contributed by atoms with Crippen molar-refractivity contribution in [3.63, 3.8) is 0 Å². The molecule has 1 aromatic carbocycles. The lowest BCUT2D eigenvalue weighted by Gasteiger charge is -2.21. The van der Waals surface area contributed by atoms with E-state index < -0.39 is 5.79 Å². The van der Waals surface area contributed by atoms with E-state index >= 15 is 0 Å². The minimum atomic E-state index is -0.502. The van der Waals surface area contributed by atoms with Crippen molar-refractivity contribution in [2.75, 3.05) is 11.1 Å². The number of nitrogens with zero attached hydrogens (tertiary/aromatic N) is 4. The van der Waals surface area contributed by atoms with Crippen LogP contribution in [0.15, 0.2) is 47.9 Å². The number of thioether (sulfide) groups is 1. The zero-order valence-corrected chi connectivity index (χ0v) is 17.3. The van der Waals surface area contributed by atoms with Crippen LogP contribution >= 0.6 is 11.8 Å². The van der Waals surface area contributed by atoms with Gasteiger partial charge in [0.05, 0.1) is 5.75 Å². The summed E-state index contributed by atoms with van der Waals surface area (Å²) in [6.07, 6.45) is 7.47. The van der Waals surface area contributed by atoms with Crippen molar-refractivity contribution < 1.29 is 14.3 Å². The molecule has 3 heterocycles. The number of carbonyl (C=O) groups excluding carboxylic acids is 1. The molecule has 1 saturated carbocycles. The van der Waals surface area contributed by atoms with E-state index in [1.165, 1.54) is 11.8 Å². The third-order valence-corrected chi connectivity index (χ3v) is 6.29. The van der Waals surface area contributed by atoms with E-state index in [-0.39, 0.29) is 11.7 Å². The van der Waals surface area contributed by atoms with Crippen molar-refractivity contribution in [1.29, 1.82) is 0 Å². The van der Waals surface area contributed by atoms with Gasteiger partial charge in [0.1, 0.15) is 0 Å². The molecule has 154 valence electrons. The van der Waals surface area contributed by atoms with Crippen molar-refractivity contribution in [2.45, 2.75) is 36.6 Å². The van der Waals surface area contributed by atoms with Gasteiger partial charge >= 0.3 is 0 Å². The standard InChI is InChI=1S/C21H21N5O3S/c1-26-19(14-5-4-10-22-12-14)24-25-20(26)30-13-18(27)23-15-6-7-16-17(11-15)29-21(28-16)8-2-3-9-21/h4-7,10-12H,2-3,8-9,13H2,1H3,(H,23,27). The Morgan fingerprint density at radius 2 is 2.03 bits per heavy atom. The number of aromatic nitrogens is 4. The van der Waals surface area contributed by atoms with Crippen molar-refractivity contribution in [1.82, 2.24) is 19.7 Å². The van der Waals surface area contributed by atoms with Crippen molar-refractivity contribution in [3.05, 3.63) is 42.7 Å². The molecule has 3 aromatic rings. The lowest BCUT2D eigenvalue weighted by Crippen LogP contribution is -2.34. The SMILES string of the molecule is Cn1c(SCC(=O)Nc2ccc3c(c2)OC2(CCCC2)O3)nnc1-c1cccnc1. The summed E-state index contributed by atoms with van der Waals surface area (Å²) in [6, 6.07) is 9.29. The van der Waals surface area contributed by atoms with E-state index in [2.05, 4.69) is 20.5 Å². The van der Waals surface area contributed by atoms with Crippen LogP contribution in [-0.2, 0) is 11.8 Å². The average molecular weight is 423 g/mol. The predicted octanol–water partition coefficient (Wildman–Crippen LogP) is 3.65. The van der Waals surface area contributed by atoms with Gasteiger partial charge in [0.25, 0.3) is 5.79 Å². The minimum absolute atomic E-state index is 0.125. The highest BCUT2D eigenvalue weighted by Gasteiger charge is 2.44. The fourth-order valence-electron chi connectivity index (χ4n) is 3.80. The molecular formula is C21H21N5O3S. The zero-order chi connectivity index (χ0) is 20.6. The van der Waals surface area contributed by atoms with Crippen molar-refractivity contribution in [3.8, 4) is 22.9 Å². The monoisotopic (exact) mass is 423 g/mol. The number of pyridine rings is 1. The normalized spacial score (nSPS) is 16.2. The quantitative estimate of drug-likeness (QED) is 0.626. The molecule has 2 aliphatic rings. The van der Waals surface area contributed by atoms with Gasteiger partial charge in [-0.2, -0.15) is 0 Å². The van der Waals surface area contributed by atoms with Crippen LogP contribution in [0.5, 0.6) is 11.5 Å². The van der Waals surface area contributed by atoms with Crippen LogP contribution in [0.2, 0.25) is 0 Å². The maximum absolute atomic E-state index is 12.5. The second-order valence-corrected chi connectivity index (χ2v) is 8.37. The summed E-state index contributed by atoms with van der Waals surface area (Å²) in [5, 5.41) is 12.0. The van der Waals surface area contributed by atoms with Crippen LogP contribution < -0.4 is 14.8 Å². The Balaban J connectivity index is 1.20. The van der Waals surface area contributed by atoms with Crippen LogP contribution in [0, 0.1) is 0 Å². The Hall–Kier alpha value is -3.07. The van der Waals surface area contributed by atoms with Gasteiger partial charge in [0, 0.05) is 49.6 Å². The second-order valence-electron chi connectivity index (χ2n) is 7.43. The summed E-state index contributed by atoms with van der Waals surface area (Å²) >= 11 is 1.33. The summed E-state index contributed by atoms with van der Waals surface area (Å²) in [4.78, 5) is 16.6. The first-order valence-corrected chi connectivity index (χ1v) is 10.8. The van der Waals surface area contributed by atoms with Crippen molar-refractivity contribution >= 4 is 23.4 Å². The fraction of sp³-hybridized carbons (Fsp3) is 0.333. The lowest BCUT2D eigenvalue weighted by molar-refractivity contribution is -0.113. The first kappa shape index (κ1) is 18.9. The van der Waals surface area contributed by atoms with Gasteiger partial charge < -0.3 is 19.4 Å². The first-order valence-electron chi connectivity index (χ1n) is 9.86. The number of fused-ring (bicyclic) bond motifs is 1. The van der Waals surface area contributed by atoms with Crippen LogP contribution in [0.3, 0.4) is 0 Å². The highest BCUT2D eigenvalue weighted by Crippen LogP contribution is 2.47. The van der Waals surface area contributed by atoms with Gasteiger partial charge in [0.15, 0.2) is 22.5 Å². The van der Waals surface area contributed by atoms with E-state index in [0.717, 1.165) is 37.0 Å². The molecule has 1 spiro atoms. The Kier molecular flexibility index (Phi) is 4.82. The average Bonchev–Trinajstić information content (AvgIpc) is 3.46. The van der Waals surface area contributed by atoms with Crippen molar-refractivity contribution in [2.24, 2.45) is 7.05 Å². The molecule has 1 amide bonds. The molecule has 30 heavy (non-hydrogen) atoms. The molecule has 0 saturated heterocycles. The molecule has 8 nitrogen and oxygen atoms in total. The van der Waals surface area contributed by atoms with E-state index in [4.69, 9.17) is 9.47 Å². The Labute approximate surface area is 178 Å². The van der Waals surface area contributed by atoms with Gasteiger partial charge in [-0.25, -0.2) is 0 Å². The van der Waals surface area contributed by atoms with E-state index in [9.17, 15) is 4.79 Å². The molecule has 0 bridgehead atoms. The molecule has 0 atom stereocenters. The maximum Gasteiger partial charge on any atom is 0.251 e. The smallest absolute Gasteiger partial charge is 0.251 e. The van der Waals surface area contributed by atoms with Crippen LogP contribution in [0.1, 0.15) is 25.7 Å². The molecule has 0 unspecified atom stereocenters. The van der Waals surface area contributed by atoms with Gasteiger partial charge in [-0.05, 0) is 37.1 Å². The topological polar surface area (TPSA) is 91.2 Å². The Morgan fingerprint density at radius 3 is 2.83 bits per heavy atom. The van der Waals surface area contributed by atoms with E-state index in [1.54, 1.807) is 12.4 Å². The molecule has 5 rings (SSSR count). The zero-order valence-electron chi connectivity index (χ0n) is 16.5. The molecule has 1 aliphatic heterocycles. The number of anilines is 1. The molecule has 9 heteroatoms. The van der Waals surface area contributed by atoms with Gasteiger partial charge in [-0.1, -0.05) is 11.8 Å². The Morgan fingerprint density at radius 1 is 1.20 bits per heavy atom. The number of rotatable bonds is 5. The minimum Gasteiger partial charge on any atom is -0.448 e.